The summed E-state index contributed by atoms with van der Waals surface area (Å²) >= 11 is 0. The smallest absolute Gasteiger partial charge is 0.184 e. The molecule has 1 heterocycles. The molecular formula is C24H28O3. The first-order valence-electron chi connectivity index (χ1n) is 9.78. The molecule has 0 spiro atoms. The Bertz CT molecular complexity index is 758. The van der Waals surface area contributed by atoms with Crippen LogP contribution in [-0.4, -0.2) is 19.3 Å². The molecule has 2 aromatic rings. The van der Waals surface area contributed by atoms with Crippen molar-refractivity contribution < 1.29 is 14.2 Å². The van der Waals surface area contributed by atoms with Gasteiger partial charge < -0.3 is 14.2 Å². The summed E-state index contributed by atoms with van der Waals surface area (Å²) in [5, 5.41) is 0. The van der Waals surface area contributed by atoms with E-state index in [0.717, 1.165) is 18.4 Å². The highest BCUT2D eigenvalue weighted by Gasteiger charge is 2.50. The highest BCUT2D eigenvalue weighted by molar-refractivity contribution is 5.19. The summed E-state index contributed by atoms with van der Waals surface area (Å²) in [6.07, 6.45) is 1.87. The van der Waals surface area contributed by atoms with Crippen molar-refractivity contribution in [2.75, 3.05) is 13.2 Å². The highest BCUT2D eigenvalue weighted by Crippen LogP contribution is 2.50. The number of benzene rings is 2. The van der Waals surface area contributed by atoms with Crippen LogP contribution in [0.4, 0.5) is 0 Å². The molecule has 3 nitrogen and oxygen atoms in total. The molecular weight excluding hydrogens is 336 g/mol. The number of rotatable bonds is 5. The van der Waals surface area contributed by atoms with E-state index in [1.165, 1.54) is 11.1 Å². The number of fused-ring (bicyclic) bond motifs is 1. The molecule has 4 rings (SSSR count). The Labute approximate surface area is 162 Å². The molecule has 2 aliphatic rings. The van der Waals surface area contributed by atoms with Gasteiger partial charge in [0.1, 0.15) is 0 Å². The minimum atomic E-state index is -0.276. The van der Waals surface area contributed by atoms with Crippen LogP contribution in [0.15, 0.2) is 72.8 Å². The van der Waals surface area contributed by atoms with E-state index < -0.39 is 0 Å². The van der Waals surface area contributed by atoms with Crippen molar-refractivity contribution >= 4 is 0 Å². The van der Waals surface area contributed by atoms with Gasteiger partial charge in [-0.3, -0.25) is 0 Å². The zero-order chi connectivity index (χ0) is 18.7. The first-order valence-corrected chi connectivity index (χ1v) is 9.78. The lowest BCUT2D eigenvalue weighted by atomic mass is 9.64. The molecule has 1 aliphatic heterocycles. The van der Waals surface area contributed by atoms with Gasteiger partial charge in [-0.05, 0) is 18.4 Å². The average molecular weight is 364 g/mol. The molecule has 2 fully saturated rings. The molecule has 27 heavy (non-hydrogen) atoms. The summed E-state index contributed by atoms with van der Waals surface area (Å²) in [7, 11) is 0. The molecule has 0 unspecified atom stereocenters. The Hall–Kier alpha value is -1.94. The molecule has 0 N–H and O–H groups in total. The van der Waals surface area contributed by atoms with E-state index in [2.05, 4.69) is 37.8 Å². The third-order valence-electron chi connectivity index (χ3n) is 6.05. The predicted molar refractivity (Wildman–Crippen MR) is 106 cm³/mol. The lowest BCUT2D eigenvalue weighted by Gasteiger charge is -2.52. The van der Waals surface area contributed by atoms with Crippen LogP contribution in [0.5, 0.6) is 0 Å². The van der Waals surface area contributed by atoms with Gasteiger partial charge in [0.25, 0.3) is 0 Å². The lowest BCUT2D eigenvalue weighted by molar-refractivity contribution is -0.286. The third kappa shape index (κ3) is 3.86. The van der Waals surface area contributed by atoms with Gasteiger partial charge in [-0.15, -0.1) is 0 Å². The van der Waals surface area contributed by atoms with Crippen LogP contribution in [0, 0.1) is 11.3 Å². The van der Waals surface area contributed by atoms with E-state index >= 15 is 0 Å². The maximum absolute atomic E-state index is 6.40. The standard InChI is InChI=1S/C24H28O3/c1-18-13-14-22-24(2,17-26-23(27-22)20-11-7-4-8-12-20)21(18)16-25-15-19-9-5-3-6-10-19/h3-12,21-23H,1,13-17H2,2H3/t21-,22-,23+,24-/m0/s1. The number of ether oxygens (including phenoxy) is 3. The van der Waals surface area contributed by atoms with Crippen LogP contribution in [0.25, 0.3) is 0 Å². The predicted octanol–water partition coefficient (Wildman–Crippen LogP) is 5.29. The Morgan fingerprint density at radius 3 is 2.52 bits per heavy atom. The molecule has 142 valence electrons. The Morgan fingerprint density at radius 1 is 1.07 bits per heavy atom. The highest BCUT2D eigenvalue weighted by atomic mass is 16.7. The van der Waals surface area contributed by atoms with Crippen molar-refractivity contribution in [3.05, 3.63) is 83.9 Å². The fourth-order valence-corrected chi connectivity index (χ4v) is 4.33. The Balaban J connectivity index is 1.43. The second-order valence-corrected chi connectivity index (χ2v) is 7.93. The van der Waals surface area contributed by atoms with Gasteiger partial charge in [-0.25, -0.2) is 0 Å². The minimum absolute atomic E-state index is 0.0999. The van der Waals surface area contributed by atoms with E-state index in [9.17, 15) is 0 Å². The van der Waals surface area contributed by atoms with Crippen LogP contribution in [-0.2, 0) is 20.8 Å². The number of hydrogen-bond donors (Lipinski definition) is 0. The molecule has 4 atom stereocenters. The van der Waals surface area contributed by atoms with Gasteiger partial charge in [0, 0.05) is 16.9 Å². The minimum Gasteiger partial charge on any atom is -0.376 e. The molecule has 1 saturated carbocycles. The summed E-state index contributed by atoms with van der Waals surface area (Å²) in [5.74, 6) is 0.247. The molecule has 2 aromatic carbocycles. The van der Waals surface area contributed by atoms with Crippen LogP contribution >= 0.6 is 0 Å². The van der Waals surface area contributed by atoms with E-state index in [4.69, 9.17) is 14.2 Å². The van der Waals surface area contributed by atoms with Crippen molar-refractivity contribution in [2.45, 2.75) is 38.8 Å². The summed E-state index contributed by atoms with van der Waals surface area (Å²) in [5.41, 5.74) is 3.44. The van der Waals surface area contributed by atoms with Crippen molar-refractivity contribution in [3.8, 4) is 0 Å². The first-order chi connectivity index (χ1) is 13.2. The zero-order valence-electron chi connectivity index (χ0n) is 16.0. The normalized spacial score (nSPS) is 30.7. The molecule has 1 saturated heterocycles. The fraction of sp³-hybridized carbons (Fsp3) is 0.417. The van der Waals surface area contributed by atoms with E-state index in [0.29, 0.717) is 19.8 Å². The summed E-state index contributed by atoms with van der Waals surface area (Å²) in [6.45, 7) is 8.55. The van der Waals surface area contributed by atoms with Crippen molar-refractivity contribution in [3.63, 3.8) is 0 Å². The van der Waals surface area contributed by atoms with Crippen LogP contribution in [0.2, 0.25) is 0 Å². The second-order valence-electron chi connectivity index (χ2n) is 7.93. The van der Waals surface area contributed by atoms with E-state index in [-0.39, 0.29) is 23.7 Å². The molecule has 0 radical (unpaired) electrons. The lowest BCUT2D eigenvalue weighted by Crippen LogP contribution is -2.53. The molecule has 0 amide bonds. The van der Waals surface area contributed by atoms with Gasteiger partial charge in [0.15, 0.2) is 6.29 Å². The summed E-state index contributed by atoms with van der Waals surface area (Å²) in [4.78, 5) is 0. The van der Waals surface area contributed by atoms with Gasteiger partial charge in [0.05, 0.1) is 25.9 Å². The van der Waals surface area contributed by atoms with Crippen molar-refractivity contribution in [2.24, 2.45) is 11.3 Å². The molecule has 1 aliphatic carbocycles. The molecule has 0 aromatic heterocycles. The monoisotopic (exact) mass is 364 g/mol. The second kappa shape index (κ2) is 7.97. The fourth-order valence-electron chi connectivity index (χ4n) is 4.33. The van der Waals surface area contributed by atoms with Crippen molar-refractivity contribution in [1.29, 1.82) is 0 Å². The van der Waals surface area contributed by atoms with E-state index in [1.807, 2.05) is 36.4 Å². The SMILES string of the molecule is C=C1CC[C@@H]2O[C@H](c3ccccc3)OC[C@@]2(C)[C@H]1COCc1ccccc1. The van der Waals surface area contributed by atoms with Gasteiger partial charge in [0.2, 0.25) is 0 Å². The zero-order valence-corrected chi connectivity index (χ0v) is 16.0. The van der Waals surface area contributed by atoms with E-state index in [1.54, 1.807) is 0 Å². The van der Waals surface area contributed by atoms with Gasteiger partial charge >= 0.3 is 0 Å². The van der Waals surface area contributed by atoms with Gasteiger partial charge in [-0.2, -0.15) is 0 Å². The Kier molecular flexibility index (Phi) is 5.44. The molecule has 0 bridgehead atoms. The maximum Gasteiger partial charge on any atom is 0.184 e. The largest absolute Gasteiger partial charge is 0.376 e. The van der Waals surface area contributed by atoms with Crippen LogP contribution < -0.4 is 0 Å². The average Bonchev–Trinajstić information content (AvgIpc) is 2.71. The third-order valence-corrected chi connectivity index (χ3v) is 6.05. The van der Waals surface area contributed by atoms with Crippen LogP contribution in [0.3, 0.4) is 0 Å². The Morgan fingerprint density at radius 2 is 1.78 bits per heavy atom. The molecule has 3 heteroatoms. The summed E-state index contributed by atoms with van der Waals surface area (Å²) in [6, 6.07) is 20.5. The first kappa shape index (κ1) is 18.4. The maximum atomic E-state index is 6.40. The topological polar surface area (TPSA) is 27.7 Å². The summed E-state index contributed by atoms with van der Waals surface area (Å²) < 4.78 is 18.6. The van der Waals surface area contributed by atoms with Crippen molar-refractivity contribution in [1.82, 2.24) is 0 Å². The quantitative estimate of drug-likeness (QED) is 0.675. The number of hydrogen-bond acceptors (Lipinski definition) is 3. The van der Waals surface area contributed by atoms with Crippen LogP contribution in [0.1, 0.15) is 37.2 Å². The van der Waals surface area contributed by atoms with Gasteiger partial charge in [-0.1, -0.05) is 79.7 Å².